The highest BCUT2D eigenvalue weighted by molar-refractivity contribution is 6.02. The van der Waals surface area contributed by atoms with Crippen LogP contribution in [0.1, 0.15) is 16.4 Å². The fourth-order valence-electron chi connectivity index (χ4n) is 1.55. The second kappa shape index (κ2) is 5.43. The van der Waals surface area contributed by atoms with Crippen LogP contribution in [0.3, 0.4) is 0 Å². The molecule has 0 unspecified atom stereocenters. The average molecular weight is 262 g/mol. The second-order valence-corrected chi connectivity index (χ2v) is 3.80. The maximum Gasteiger partial charge on any atom is 0.311 e. The van der Waals surface area contributed by atoms with E-state index < -0.39 is 5.91 Å². The van der Waals surface area contributed by atoms with Crippen molar-refractivity contribution < 1.29 is 18.7 Å². The Morgan fingerprint density at radius 1 is 1.32 bits per heavy atom. The standard InChI is InChI=1S/C13H14N2O4/c1-8-7-14-13(19-8)12(16)15-10-6-9(17-2)4-5-11(10)18-3/h4-7H,1-3H3,(H,15,16). The molecule has 0 radical (unpaired) electrons. The van der Waals surface area contributed by atoms with Crippen LogP contribution < -0.4 is 14.8 Å². The van der Waals surface area contributed by atoms with Crippen LogP contribution in [0.5, 0.6) is 11.5 Å². The second-order valence-electron chi connectivity index (χ2n) is 3.80. The maximum absolute atomic E-state index is 11.9. The minimum atomic E-state index is -0.445. The van der Waals surface area contributed by atoms with Crippen molar-refractivity contribution in [3.8, 4) is 11.5 Å². The third kappa shape index (κ3) is 2.85. The van der Waals surface area contributed by atoms with Gasteiger partial charge in [0.15, 0.2) is 0 Å². The van der Waals surface area contributed by atoms with Gasteiger partial charge in [0, 0.05) is 6.07 Å². The van der Waals surface area contributed by atoms with Gasteiger partial charge in [-0.3, -0.25) is 4.79 Å². The summed E-state index contributed by atoms with van der Waals surface area (Å²) < 4.78 is 15.4. The molecule has 0 aliphatic rings. The van der Waals surface area contributed by atoms with Crippen LogP contribution in [0.2, 0.25) is 0 Å². The van der Waals surface area contributed by atoms with Gasteiger partial charge in [-0.05, 0) is 19.1 Å². The molecule has 2 rings (SSSR count). The molecule has 6 nitrogen and oxygen atoms in total. The van der Waals surface area contributed by atoms with E-state index in [2.05, 4.69) is 10.3 Å². The van der Waals surface area contributed by atoms with Gasteiger partial charge in [-0.1, -0.05) is 0 Å². The monoisotopic (exact) mass is 262 g/mol. The Labute approximate surface area is 110 Å². The molecule has 1 N–H and O–H groups in total. The Hall–Kier alpha value is -2.50. The van der Waals surface area contributed by atoms with Gasteiger partial charge in [0.25, 0.3) is 5.89 Å². The summed E-state index contributed by atoms with van der Waals surface area (Å²) in [5, 5.41) is 2.67. The summed E-state index contributed by atoms with van der Waals surface area (Å²) in [4.78, 5) is 15.8. The predicted octanol–water partition coefficient (Wildman–Crippen LogP) is 2.25. The maximum atomic E-state index is 11.9. The number of methoxy groups -OCH3 is 2. The van der Waals surface area contributed by atoms with E-state index in [1.54, 1.807) is 32.2 Å². The lowest BCUT2D eigenvalue weighted by molar-refractivity contribution is 0.0988. The number of ether oxygens (including phenoxy) is 2. The van der Waals surface area contributed by atoms with Crippen LogP contribution in [-0.2, 0) is 0 Å². The minimum Gasteiger partial charge on any atom is -0.497 e. The number of benzene rings is 1. The zero-order valence-electron chi connectivity index (χ0n) is 10.9. The zero-order chi connectivity index (χ0) is 13.8. The molecular weight excluding hydrogens is 248 g/mol. The lowest BCUT2D eigenvalue weighted by Gasteiger charge is -2.10. The van der Waals surface area contributed by atoms with Crippen molar-refractivity contribution >= 4 is 11.6 Å². The number of amides is 1. The highest BCUT2D eigenvalue weighted by Crippen LogP contribution is 2.29. The number of aromatic nitrogens is 1. The molecule has 0 bridgehead atoms. The third-order valence-electron chi connectivity index (χ3n) is 2.47. The normalized spacial score (nSPS) is 10.1. The van der Waals surface area contributed by atoms with E-state index in [0.717, 1.165) is 0 Å². The molecule has 0 saturated heterocycles. The van der Waals surface area contributed by atoms with Crippen molar-refractivity contribution in [2.75, 3.05) is 19.5 Å². The van der Waals surface area contributed by atoms with Crippen LogP contribution >= 0.6 is 0 Å². The Bertz CT molecular complexity index is 592. The summed E-state index contributed by atoms with van der Waals surface area (Å²) in [6.45, 7) is 1.72. The molecule has 19 heavy (non-hydrogen) atoms. The third-order valence-corrected chi connectivity index (χ3v) is 2.47. The molecular formula is C13H14N2O4. The van der Waals surface area contributed by atoms with Gasteiger partial charge in [-0.15, -0.1) is 0 Å². The zero-order valence-corrected chi connectivity index (χ0v) is 10.9. The first-order chi connectivity index (χ1) is 9.13. The van der Waals surface area contributed by atoms with Crippen LogP contribution in [0.4, 0.5) is 5.69 Å². The molecule has 0 aliphatic carbocycles. The van der Waals surface area contributed by atoms with E-state index in [9.17, 15) is 4.79 Å². The summed E-state index contributed by atoms with van der Waals surface area (Å²) in [6, 6.07) is 5.10. The number of nitrogens with one attached hydrogen (secondary N) is 1. The van der Waals surface area contributed by atoms with Gasteiger partial charge in [-0.2, -0.15) is 0 Å². The first kappa shape index (κ1) is 12.9. The quantitative estimate of drug-likeness (QED) is 0.914. The number of carbonyl (C=O) groups is 1. The number of anilines is 1. The summed E-state index contributed by atoms with van der Waals surface area (Å²) in [7, 11) is 3.07. The van der Waals surface area contributed by atoms with E-state index in [1.165, 1.54) is 13.3 Å². The smallest absolute Gasteiger partial charge is 0.311 e. The Kier molecular flexibility index (Phi) is 3.70. The van der Waals surface area contributed by atoms with E-state index in [0.29, 0.717) is 22.9 Å². The number of hydrogen-bond acceptors (Lipinski definition) is 5. The Balaban J connectivity index is 2.24. The SMILES string of the molecule is COc1ccc(OC)c(NC(=O)c2ncc(C)o2)c1. The molecule has 6 heteroatoms. The van der Waals surface area contributed by atoms with Crippen molar-refractivity contribution in [1.29, 1.82) is 0 Å². The molecule has 0 spiro atoms. The van der Waals surface area contributed by atoms with Crippen molar-refractivity contribution in [3.05, 3.63) is 36.0 Å². The number of aryl methyl sites for hydroxylation is 1. The average Bonchev–Trinajstić information content (AvgIpc) is 2.85. The topological polar surface area (TPSA) is 73.6 Å². The lowest BCUT2D eigenvalue weighted by Crippen LogP contribution is -2.13. The number of nitrogens with zero attached hydrogens (tertiary/aromatic N) is 1. The van der Waals surface area contributed by atoms with Crippen molar-refractivity contribution in [2.24, 2.45) is 0 Å². The molecule has 1 heterocycles. The van der Waals surface area contributed by atoms with Crippen molar-refractivity contribution in [1.82, 2.24) is 4.98 Å². The highest BCUT2D eigenvalue weighted by Gasteiger charge is 2.15. The summed E-state index contributed by atoms with van der Waals surface area (Å²) in [5.74, 6) is 1.27. The van der Waals surface area contributed by atoms with Gasteiger partial charge in [0.2, 0.25) is 0 Å². The number of hydrogen-bond donors (Lipinski definition) is 1. The molecule has 2 aromatic rings. The van der Waals surface area contributed by atoms with Gasteiger partial charge in [-0.25, -0.2) is 4.98 Å². The fraction of sp³-hybridized carbons (Fsp3) is 0.231. The Morgan fingerprint density at radius 3 is 2.68 bits per heavy atom. The largest absolute Gasteiger partial charge is 0.497 e. The van der Waals surface area contributed by atoms with E-state index in [4.69, 9.17) is 13.9 Å². The summed E-state index contributed by atoms with van der Waals surface area (Å²) >= 11 is 0. The van der Waals surface area contributed by atoms with E-state index >= 15 is 0 Å². The molecule has 0 atom stereocenters. The van der Waals surface area contributed by atoms with Crippen LogP contribution in [0, 0.1) is 6.92 Å². The summed E-state index contributed by atoms with van der Waals surface area (Å²) in [5.41, 5.74) is 0.489. The van der Waals surface area contributed by atoms with Gasteiger partial charge in [0.05, 0.1) is 26.1 Å². The van der Waals surface area contributed by atoms with Crippen LogP contribution in [-0.4, -0.2) is 25.1 Å². The van der Waals surface area contributed by atoms with E-state index in [-0.39, 0.29) is 5.89 Å². The van der Waals surface area contributed by atoms with Crippen LogP contribution in [0.25, 0.3) is 0 Å². The van der Waals surface area contributed by atoms with Gasteiger partial charge < -0.3 is 19.2 Å². The summed E-state index contributed by atoms with van der Waals surface area (Å²) in [6.07, 6.45) is 1.48. The first-order valence-electron chi connectivity index (χ1n) is 5.60. The highest BCUT2D eigenvalue weighted by atomic mass is 16.5. The number of oxazole rings is 1. The molecule has 0 aliphatic heterocycles. The number of rotatable bonds is 4. The molecule has 1 amide bonds. The fourth-order valence-corrected chi connectivity index (χ4v) is 1.55. The molecule has 100 valence electrons. The minimum absolute atomic E-state index is 0.00220. The molecule has 1 aromatic heterocycles. The molecule has 0 saturated carbocycles. The molecule has 0 fully saturated rings. The van der Waals surface area contributed by atoms with Gasteiger partial charge in [0.1, 0.15) is 17.3 Å². The lowest BCUT2D eigenvalue weighted by atomic mass is 10.2. The molecule has 1 aromatic carbocycles. The predicted molar refractivity (Wildman–Crippen MR) is 68.7 cm³/mol. The Morgan fingerprint density at radius 2 is 2.11 bits per heavy atom. The first-order valence-corrected chi connectivity index (χ1v) is 5.60. The number of carbonyl (C=O) groups excluding carboxylic acids is 1. The van der Waals surface area contributed by atoms with E-state index in [1.807, 2.05) is 0 Å². The van der Waals surface area contributed by atoms with Crippen molar-refractivity contribution in [3.63, 3.8) is 0 Å². The van der Waals surface area contributed by atoms with Crippen molar-refractivity contribution in [2.45, 2.75) is 6.92 Å². The van der Waals surface area contributed by atoms with Gasteiger partial charge >= 0.3 is 5.91 Å². The van der Waals surface area contributed by atoms with Crippen LogP contribution in [0.15, 0.2) is 28.8 Å².